The Bertz CT molecular complexity index is 441. The minimum Gasteiger partial charge on any atom is -0.407 e. The average molecular weight is 219 g/mol. The van der Waals surface area contributed by atoms with Gasteiger partial charge in [0.1, 0.15) is 0 Å². The Kier molecular flexibility index (Phi) is 3.11. The number of anilines is 1. The van der Waals surface area contributed by atoms with Crippen molar-refractivity contribution in [2.24, 2.45) is 5.73 Å². The second-order valence-electron chi connectivity index (χ2n) is 3.35. The molecule has 0 amide bonds. The van der Waals surface area contributed by atoms with Gasteiger partial charge in [0.2, 0.25) is 5.89 Å². The van der Waals surface area contributed by atoms with Crippen LogP contribution in [0.15, 0.2) is 28.9 Å². The molecule has 1 unspecified atom stereocenters. The Labute approximate surface area is 92.9 Å². The number of hydrogen-bond acceptors (Lipinski definition) is 6. The fraction of sp³-hybridized carbons (Fsp3) is 0.300. The Morgan fingerprint density at radius 2 is 2.12 bits per heavy atom. The predicted molar refractivity (Wildman–Crippen MR) is 58.5 cm³/mol. The summed E-state index contributed by atoms with van der Waals surface area (Å²) in [5.41, 5.74) is 6.47. The summed E-state index contributed by atoms with van der Waals surface area (Å²) in [7, 11) is 0. The summed E-state index contributed by atoms with van der Waals surface area (Å²) in [6, 6.07) is 4.31. The summed E-state index contributed by atoms with van der Waals surface area (Å²) in [5.74, 6) is 0.421. The van der Waals surface area contributed by atoms with Crippen LogP contribution < -0.4 is 11.1 Å². The SMILES string of the molecule is CC(Nc1nnc(CN)o1)c1ccncc1. The average Bonchev–Trinajstić information content (AvgIpc) is 2.78. The number of rotatable bonds is 4. The van der Waals surface area contributed by atoms with Crippen LogP contribution in [0.25, 0.3) is 0 Å². The summed E-state index contributed by atoms with van der Waals surface area (Å²) in [5, 5.41) is 10.7. The third-order valence-corrected chi connectivity index (χ3v) is 2.19. The zero-order valence-corrected chi connectivity index (χ0v) is 8.92. The van der Waals surface area contributed by atoms with E-state index in [9.17, 15) is 0 Å². The maximum absolute atomic E-state index is 5.37. The molecule has 0 aliphatic carbocycles. The minimum atomic E-state index is 0.0778. The molecule has 6 nitrogen and oxygen atoms in total. The van der Waals surface area contributed by atoms with Gasteiger partial charge >= 0.3 is 6.01 Å². The summed E-state index contributed by atoms with van der Waals surface area (Å²) >= 11 is 0. The number of pyridine rings is 1. The molecule has 0 fully saturated rings. The van der Waals surface area contributed by atoms with Gasteiger partial charge in [-0.3, -0.25) is 4.98 Å². The lowest BCUT2D eigenvalue weighted by molar-refractivity contribution is 0.503. The van der Waals surface area contributed by atoms with Crippen molar-refractivity contribution in [2.45, 2.75) is 19.5 Å². The first-order valence-electron chi connectivity index (χ1n) is 4.98. The van der Waals surface area contributed by atoms with Crippen LogP contribution >= 0.6 is 0 Å². The van der Waals surface area contributed by atoms with Crippen LogP contribution in [0.2, 0.25) is 0 Å². The third kappa shape index (κ3) is 2.34. The van der Waals surface area contributed by atoms with Crippen molar-refractivity contribution in [1.82, 2.24) is 15.2 Å². The van der Waals surface area contributed by atoms with Crippen LogP contribution in [-0.2, 0) is 6.54 Å². The number of nitrogens with one attached hydrogen (secondary N) is 1. The van der Waals surface area contributed by atoms with E-state index >= 15 is 0 Å². The van der Waals surface area contributed by atoms with E-state index in [2.05, 4.69) is 20.5 Å². The molecule has 0 saturated carbocycles. The molecular weight excluding hydrogens is 206 g/mol. The highest BCUT2D eigenvalue weighted by Crippen LogP contribution is 2.16. The molecule has 6 heteroatoms. The topological polar surface area (TPSA) is 89.9 Å². The molecule has 2 heterocycles. The molecular formula is C10H13N5O. The Morgan fingerprint density at radius 3 is 2.75 bits per heavy atom. The van der Waals surface area contributed by atoms with Gasteiger partial charge < -0.3 is 15.5 Å². The van der Waals surface area contributed by atoms with E-state index in [0.717, 1.165) is 5.56 Å². The molecule has 2 aromatic heterocycles. The maximum atomic E-state index is 5.37. The van der Waals surface area contributed by atoms with Gasteiger partial charge in [0.05, 0.1) is 12.6 Å². The van der Waals surface area contributed by atoms with Crippen molar-refractivity contribution < 1.29 is 4.42 Å². The van der Waals surface area contributed by atoms with Gasteiger partial charge in [-0.2, -0.15) is 0 Å². The van der Waals surface area contributed by atoms with Crippen LogP contribution in [-0.4, -0.2) is 15.2 Å². The molecule has 0 radical (unpaired) electrons. The fourth-order valence-corrected chi connectivity index (χ4v) is 1.32. The van der Waals surface area contributed by atoms with E-state index in [0.29, 0.717) is 11.9 Å². The molecule has 2 aromatic rings. The molecule has 84 valence electrons. The van der Waals surface area contributed by atoms with E-state index in [1.165, 1.54) is 0 Å². The first-order chi connectivity index (χ1) is 7.79. The van der Waals surface area contributed by atoms with Gasteiger partial charge in [0, 0.05) is 12.4 Å². The smallest absolute Gasteiger partial charge is 0.315 e. The summed E-state index contributed by atoms with van der Waals surface area (Å²) in [6.45, 7) is 2.25. The molecule has 0 bridgehead atoms. The summed E-state index contributed by atoms with van der Waals surface area (Å²) in [6.07, 6.45) is 3.49. The second kappa shape index (κ2) is 4.71. The Hall–Kier alpha value is -1.95. The van der Waals surface area contributed by atoms with Crippen molar-refractivity contribution in [3.63, 3.8) is 0 Å². The first kappa shape index (κ1) is 10.6. The largest absolute Gasteiger partial charge is 0.407 e. The van der Waals surface area contributed by atoms with Gasteiger partial charge in [0.25, 0.3) is 0 Å². The molecule has 2 rings (SSSR count). The summed E-state index contributed by atoms with van der Waals surface area (Å²) < 4.78 is 5.25. The van der Waals surface area contributed by atoms with E-state index in [1.54, 1.807) is 12.4 Å². The first-order valence-corrected chi connectivity index (χ1v) is 4.98. The molecule has 0 aromatic carbocycles. The highest BCUT2D eigenvalue weighted by Gasteiger charge is 2.09. The molecule has 0 spiro atoms. The van der Waals surface area contributed by atoms with Gasteiger partial charge in [-0.05, 0) is 24.6 Å². The van der Waals surface area contributed by atoms with Crippen LogP contribution in [0, 0.1) is 0 Å². The van der Waals surface area contributed by atoms with Crippen molar-refractivity contribution in [3.8, 4) is 0 Å². The lowest BCUT2D eigenvalue weighted by Crippen LogP contribution is -2.06. The van der Waals surface area contributed by atoms with E-state index in [4.69, 9.17) is 10.2 Å². The Morgan fingerprint density at radius 1 is 1.38 bits per heavy atom. The van der Waals surface area contributed by atoms with E-state index in [1.807, 2.05) is 19.1 Å². The molecule has 16 heavy (non-hydrogen) atoms. The zero-order valence-electron chi connectivity index (χ0n) is 8.92. The van der Waals surface area contributed by atoms with E-state index in [-0.39, 0.29) is 12.6 Å². The van der Waals surface area contributed by atoms with Crippen LogP contribution in [0.3, 0.4) is 0 Å². The highest BCUT2D eigenvalue weighted by molar-refractivity contribution is 5.26. The standard InChI is InChI=1S/C10H13N5O/c1-7(8-2-4-12-5-3-8)13-10-15-14-9(6-11)16-10/h2-5,7H,6,11H2,1H3,(H,13,15). The highest BCUT2D eigenvalue weighted by atomic mass is 16.4. The monoisotopic (exact) mass is 219 g/mol. The predicted octanol–water partition coefficient (Wildman–Crippen LogP) is 1.10. The van der Waals surface area contributed by atoms with Gasteiger partial charge in [0.15, 0.2) is 0 Å². The summed E-state index contributed by atoms with van der Waals surface area (Å²) in [4.78, 5) is 3.96. The van der Waals surface area contributed by atoms with Crippen molar-refractivity contribution >= 4 is 6.01 Å². The maximum Gasteiger partial charge on any atom is 0.315 e. The number of nitrogens with two attached hydrogens (primary N) is 1. The lowest BCUT2D eigenvalue weighted by atomic mass is 10.1. The second-order valence-corrected chi connectivity index (χ2v) is 3.35. The Balaban J connectivity index is 2.05. The molecule has 0 aliphatic heterocycles. The van der Waals surface area contributed by atoms with Crippen molar-refractivity contribution in [3.05, 3.63) is 36.0 Å². The van der Waals surface area contributed by atoms with Gasteiger partial charge in [-0.1, -0.05) is 5.10 Å². The lowest BCUT2D eigenvalue weighted by Gasteiger charge is -2.11. The van der Waals surface area contributed by atoms with E-state index < -0.39 is 0 Å². The molecule has 1 atom stereocenters. The van der Waals surface area contributed by atoms with Crippen molar-refractivity contribution in [1.29, 1.82) is 0 Å². The number of nitrogens with zero attached hydrogens (tertiary/aromatic N) is 3. The van der Waals surface area contributed by atoms with Crippen molar-refractivity contribution in [2.75, 3.05) is 5.32 Å². The third-order valence-electron chi connectivity index (χ3n) is 2.19. The fourth-order valence-electron chi connectivity index (χ4n) is 1.32. The minimum absolute atomic E-state index is 0.0778. The number of aromatic nitrogens is 3. The molecule has 0 saturated heterocycles. The van der Waals surface area contributed by atoms with Crippen LogP contribution in [0.4, 0.5) is 6.01 Å². The van der Waals surface area contributed by atoms with Gasteiger partial charge in [-0.15, -0.1) is 5.10 Å². The molecule has 3 N–H and O–H groups in total. The normalized spacial score (nSPS) is 12.4. The zero-order chi connectivity index (χ0) is 11.4. The van der Waals surface area contributed by atoms with Crippen LogP contribution in [0.1, 0.15) is 24.4 Å². The quantitative estimate of drug-likeness (QED) is 0.800. The number of hydrogen-bond donors (Lipinski definition) is 2. The van der Waals surface area contributed by atoms with Crippen LogP contribution in [0.5, 0.6) is 0 Å². The molecule has 0 aliphatic rings. The van der Waals surface area contributed by atoms with Gasteiger partial charge in [-0.25, -0.2) is 0 Å².